The van der Waals surface area contributed by atoms with E-state index < -0.39 is 10.0 Å². The van der Waals surface area contributed by atoms with Crippen LogP contribution in [0.5, 0.6) is 0 Å². The van der Waals surface area contributed by atoms with Crippen LogP contribution in [-0.2, 0) is 17.1 Å². The average Bonchev–Trinajstić information content (AvgIpc) is 3.10. The van der Waals surface area contributed by atoms with Crippen LogP contribution in [0.15, 0.2) is 66.0 Å². The number of benzene rings is 2. The Balaban J connectivity index is 1.83. The standard InChI is InChI=1S/C22H25N5O2S/c1-25(2)13-6-14-27(18-10-11-20-19(15-18)24-16-26(20)3)30(28,29)21-9-4-7-17-8-5-12-23-22(17)21/h4-5,7-12,15-16H,6,13-14H2,1-3H3. The fraction of sp³-hybridized carbons (Fsp3) is 0.273. The zero-order valence-corrected chi connectivity index (χ0v) is 18.2. The summed E-state index contributed by atoms with van der Waals surface area (Å²) in [5, 5.41) is 0.798. The number of pyridine rings is 1. The number of imidazole rings is 1. The van der Waals surface area contributed by atoms with Crippen LogP contribution >= 0.6 is 0 Å². The van der Waals surface area contributed by atoms with Crippen LogP contribution in [0.25, 0.3) is 21.9 Å². The first kappa shape index (κ1) is 20.3. The van der Waals surface area contributed by atoms with Gasteiger partial charge in [-0.2, -0.15) is 0 Å². The first-order valence-corrected chi connectivity index (χ1v) is 11.2. The molecule has 0 atom stereocenters. The first-order chi connectivity index (χ1) is 14.4. The SMILES string of the molecule is CN(C)CCCN(c1ccc2c(c1)ncn2C)S(=O)(=O)c1cccc2cccnc12. The molecule has 4 rings (SSSR count). The molecule has 0 fully saturated rings. The van der Waals surface area contributed by atoms with Crippen LogP contribution in [-0.4, -0.2) is 55.0 Å². The second-order valence-corrected chi connectivity index (χ2v) is 9.42. The molecule has 0 bridgehead atoms. The van der Waals surface area contributed by atoms with E-state index >= 15 is 0 Å². The molecule has 0 radical (unpaired) electrons. The molecular weight excluding hydrogens is 398 g/mol. The van der Waals surface area contributed by atoms with Crippen molar-refractivity contribution in [2.75, 3.05) is 31.5 Å². The van der Waals surface area contributed by atoms with E-state index in [0.29, 0.717) is 24.2 Å². The fourth-order valence-electron chi connectivity index (χ4n) is 3.60. The molecule has 4 aromatic rings. The maximum atomic E-state index is 13.8. The monoisotopic (exact) mass is 423 g/mol. The quantitative estimate of drug-likeness (QED) is 0.456. The number of para-hydroxylation sites is 1. The van der Waals surface area contributed by atoms with Crippen LogP contribution in [0.2, 0.25) is 0 Å². The van der Waals surface area contributed by atoms with Gasteiger partial charge in [-0.1, -0.05) is 18.2 Å². The van der Waals surface area contributed by atoms with Gasteiger partial charge in [-0.05, 0) is 57.4 Å². The Kier molecular flexibility index (Phi) is 5.44. The summed E-state index contributed by atoms with van der Waals surface area (Å²) in [5.41, 5.74) is 2.81. The molecule has 8 heteroatoms. The van der Waals surface area contributed by atoms with Gasteiger partial charge in [0.25, 0.3) is 10.0 Å². The number of anilines is 1. The van der Waals surface area contributed by atoms with Crippen molar-refractivity contribution in [1.29, 1.82) is 0 Å². The number of aromatic nitrogens is 3. The second-order valence-electron chi connectivity index (χ2n) is 7.59. The van der Waals surface area contributed by atoms with Gasteiger partial charge in [0, 0.05) is 25.2 Å². The minimum Gasteiger partial charge on any atom is -0.334 e. The lowest BCUT2D eigenvalue weighted by molar-refractivity contribution is 0.403. The molecule has 0 saturated heterocycles. The maximum Gasteiger partial charge on any atom is 0.266 e. The number of aryl methyl sites for hydroxylation is 1. The second kappa shape index (κ2) is 8.04. The van der Waals surface area contributed by atoms with E-state index in [1.807, 2.05) is 67.0 Å². The van der Waals surface area contributed by atoms with Crippen molar-refractivity contribution >= 4 is 37.6 Å². The third kappa shape index (κ3) is 3.76. The Labute approximate surface area is 176 Å². The van der Waals surface area contributed by atoms with Gasteiger partial charge in [-0.25, -0.2) is 13.4 Å². The van der Waals surface area contributed by atoms with Crippen LogP contribution in [0, 0.1) is 0 Å². The van der Waals surface area contributed by atoms with E-state index in [4.69, 9.17) is 0 Å². The van der Waals surface area contributed by atoms with E-state index in [0.717, 1.165) is 23.0 Å². The number of hydrogen-bond acceptors (Lipinski definition) is 5. The molecule has 2 heterocycles. The van der Waals surface area contributed by atoms with Crippen LogP contribution in [0.3, 0.4) is 0 Å². The Morgan fingerprint density at radius 1 is 1.00 bits per heavy atom. The van der Waals surface area contributed by atoms with Gasteiger partial charge in [-0.3, -0.25) is 9.29 Å². The first-order valence-electron chi connectivity index (χ1n) is 9.80. The number of fused-ring (bicyclic) bond motifs is 2. The lowest BCUT2D eigenvalue weighted by Gasteiger charge is -2.25. The summed E-state index contributed by atoms with van der Waals surface area (Å²) < 4.78 is 31.0. The Bertz CT molecular complexity index is 1290. The highest BCUT2D eigenvalue weighted by Crippen LogP contribution is 2.30. The molecule has 30 heavy (non-hydrogen) atoms. The maximum absolute atomic E-state index is 13.8. The predicted octanol–water partition coefficient (Wildman–Crippen LogP) is 3.27. The van der Waals surface area contributed by atoms with E-state index in [1.54, 1.807) is 24.7 Å². The van der Waals surface area contributed by atoms with Crippen molar-refractivity contribution in [3.8, 4) is 0 Å². The van der Waals surface area contributed by atoms with Gasteiger partial charge >= 0.3 is 0 Å². The molecule has 0 aliphatic carbocycles. The molecule has 7 nitrogen and oxygen atoms in total. The van der Waals surface area contributed by atoms with Gasteiger partial charge in [0.05, 0.1) is 28.6 Å². The van der Waals surface area contributed by atoms with Crippen molar-refractivity contribution in [3.63, 3.8) is 0 Å². The molecule has 0 unspecified atom stereocenters. The summed E-state index contributed by atoms with van der Waals surface area (Å²) in [5.74, 6) is 0. The smallest absolute Gasteiger partial charge is 0.266 e. The minimum absolute atomic E-state index is 0.214. The third-order valence-corrected chi connectivity index (χ3v) is 6.99. The lowest BCUT2D eigenvalue weighted by atomic mass is 10.2. The number of sulfonamides is 1. The average molecular weight is 424 g/mol. The van der Waals surface area contributed by atoms with Gasteiger partial charge < -0.3 is 9.47 Å². The predicted molar refractivity (Wildman–Crippen MR) is 120 cm³/mol. The van der Waals surface area contributed by atoms with Crippen LogP contribution < -0.4 is 4.31 Å². The highest BCUT2D eigenvalue weighted by Gasteiger charge is 2.27. The Morgan fingerprint density at radius 3 is 2.60 bits per heavy atom. The summed E-state index contributed by atoms with van der Waals surface area (Å²) in [4.78, 5) is 11.0. The van der Waals surface area contributed by atoms with Crippen LogP contribution in [0.4, 0.5) is 5.69 Å². The Hall–Kier alpha value is -2.97. The van der Waals surface area contributed by atoms with Crippen molar-refractivity contribution < 1.29 is 8.42 Å². The van der Waals surface area contributed by atoms with Gasteiger partial charge in [-0.15, -0.1) is 0 Å². The summed E-state index contributed by atoms with van der Waals surface area (Å²) in [7, 11) is 2.06. The topological polar surface area (TPSA) is 71.3 Å². The molecule has 0 aliphatic rings. The van der Waals surface area contributed by atoms with Crippen molar-refractivity contribution in [2.45, 2.75) is 11.3 Å². The zero-order valence-electron chi connectivity index (χ0n) is 17.4. The molecule has 0 amide bonds. The molecule has 0 N–H and O–H groups in total. The Morgan fingerprint density at radius 2 is 1.80 bits per heavy atom. The molecule has 0 aliphatic heterocycles. The minimum atomic E-state index is -3.82. The zero-order chi connectivity index (χ0) is 21.3. The molecular formula is C22H25N5O2S. The summed E-state index contributed by atoms with van der Waals surface area (Å²) >= 11 is 0. The van der Waals surface area contributed by atoms with Crippen LogP contribution in [0.1, 0.15) is 6.42 Å². The fourth-order valence-corrected chi connectivity index (χ4v) is 5.26. The third-order valence-electron chi connectivity index (χ3n) is 5.13. The lowest BCUT2D eigenvalue weighted by Crippen LogP contribution is -2.33. The van der Waals surface area contributed by atoms with Crippen molar-refractivity contribution in [2.24, 2.45) is 7.05 Å². The number of nitrogens with zero attached hydrogens (tertiary/aromatic N) is 5. The number of hydrogen-bond donors (Lipinski definition) is 0. The van der Waals surface area contributed by atoms with E-state index in [2.05, 4.69) is 9.97 Å². The number of rotatable bonds is 7. The largest absolute Gasteiger partial charge is 0.334 e. The summed E-state index contributed by atoms with van der Waals surface area (Å²) in [6.07, 6.45) is 4.05. The molecule has 2 aromatic heterocycles. The highest BCUT2D eigenvalue weighted by atomic mass is 32.2. The van der Waals surface area contributed by atoms with Gasteiger partial charge in [0.1, 0.15) is 4.90 Å². The van der Waals surface area contributed by atoms with Gasteiger partial charge in [0.15, 0.2) is 0 Å². The van der Waals surface area contributed by atoms with Gasteiger partial charge in [0.2, 0.25) is 0 Å². The molecule has 0 saturated carbocycles. The van der Waals surface area contributed by atoms with E-state index in [9.17, 15) is 8.42 Å². The molecule has 0 spiro atoms. The van der Waals surface area contributed by atoms with Crippen molar-refractivity contribution in [3.05, 3.63) is 61.1 Å². The van der Waals surface area contributed by atoms with Crippen molar-refractivity contribution in [1.82, 2.24) is 19.4 Å². The van der Waals surface area contributed by atoms with E-state index in [-0.39, 0.29) is 4.90 Å². The molecule has 156 valence electrons. The summed E-state index contributed by atoms with van der Waals surface area (Å²) in [6, 6.07) is 14.5. The normalized spacial score (nSPS) is 12.1. The molecule has 2 aromatic carbocycles. The summed E-state index contributed by atoms with van der Waals surface area (Å²) in [6.45, 7) is 1.15. The highest BCUT2D eigenvalue weighted by molar-refractivity contribution is 7.93. The van der Waals surface area contributed by atoms with E-state index in [1.165, 1.54) is 4.31 Å².